The molecule has 0 heterocycles. The second kappa shape index (κ2) is 3.58. The first kappa shape index (κ1) is 8.88. The third-order valence-corrected chi connectivity index (χ3v) is 2.38. The standard InChI is InChI=1S/C12H10O2/c13-11-5-1-9(2-6-11)10-3-7-12(14)8-4-10/h1-10H. The maximum absolute atomic E-state index is 10.9. The summed E-state index contributed by atoms with van der Waals surface area (Å²) in [6, 6.07) is 0. The van der Waals surface area contributed by atoms with Gasteiger partial charge in [0.2, 0.25) is 0 Å². The van der Waals surface area contributed by atoms with Gasteiger partial charge < -0.3 is 0 Å². The Kier molecular flexibility index (Phi) is 2.27. The largest absolute Gasteiger partial charge is 0.290 e. The minimum absolute atomic E-state index is 0.0288. The molecule has 2 nitrogen and oxygen atoms in total. The van der Waals surface area contributed by atoms with Gasteiger partial charge in [0.15, 0.2) is 11.6 Å². The van der Waals surface area contributed by atoms with Crippen LogP contribution < -0.4 is 0 Å². The monoisotopic (exact) mass is 186 g/mol. The van der Waals surface area contributed by atoms with E-state index in [0.717, 1.165) is 0 Å². The van der Waals surface area contributed by atoms with E-state index in [4.69, 9.17) is 0 Å². The lowest BCUT2D eigenvalue weighted by molar-refractivity contribution is -0.111. The van der Waals surface area contributed by atoms with Crippen LogP contribution in [0.15, 0.2) is 48.6 Å². The van der Waals surface area contributed by atoms with Gasteiger partial charge in [0, 0.05) is 11.8 Å². The van der Waals surface area contributed by atoms with E-state index in [0.29, 0.717) is 0 Å². The van der Waals surface area contributed by atoms with Crippen LogP contribution in [0.4, 0.5) is 0 Å². The fourth-order valence-electron chi connectivity index (χ4n) is 1.58. The fourth-order valence-corrected chi connectivity index (χ4v) is 1.58. The number of ketones is 2. The summed E-state index contributed by atoms with van der Waals surface area (Å²) in [6.07, 6.45) is 13.8. The Hall–Kier alpha value is -1.70. The quantitative estimate of drug-likeness (QED) is 0.623. The van der Waals surface area contributed by atoms with E-state index in [1.54, 1.807) is 24.3 Å². The minimum Gasteiger partial charge on any atom is -0.290 e. The SMILES string of the molecule is O=C1C=CC(C2C=CC(=O)C=C2)C=C1. The molecule has 0 bridgehead atoms. The number of rotatable bonds is 1. The highest BCUT2D eigenvalue weighted by Crippen LogP contribution is 2.23. The van der Waals surface area contributed by atoms with Gasteiger partial charge >= 0.3 is 0 Å². The highest BCUT2D eigenvalue weighted by molar-refractivity contribution is 6.01. The van der Waals surface area contributed by atoms with Crippen LogP contribution in [-0.2, 0) is 9.59 Å². The maximum atomic E-state index is 10.9. The van der Waals surface area contributed by atoms with Crippen LogP contribution in [0.1, 0.15) is 0 Å². The first-order chi connectivity index (χ1) is 6.75. The Labute approximate surface area is 82.3 Å². The molecule has 0 unspecified atom stereocenters. The van der Waals surface area contributed by atoms with Crippen molar-refractivity contribution in [3.63, 3.8) is 0 Å². The molecule has 0 saturated heterocycles. The molecule has 0 aromatic heterocycles. The fraction of sp³-hybridized carbons (Fsp3) is 0.167. The molecule has 0 spiro atoms. The van der Waals surface area contributed by atoms with Crippen molar-refractivity contribution in [2.45, 2.75) is 0 Å². The van der Waals surface area contributed by atoms with E-state index in [-0.39, 0.29) is 23.4 Å². The van der Waals surface area contributed by atoms with Gasteiger partial charge in [-0.1, -0.05) is 24.3 Å². The van der Waals surface area contributed by atoms with Crippen molar-refractivity contribution >= 4 is 11.6 Å². The van der Waals surface area contributed by atoms with Crippen molar-refractivity contribution < 1.29 is 9.59 Å². The average Bonchev–Trinajstić information content (AvgIpc) is 2.21. The molecule has 0 radical (unpaired) electrons. The third kappa shape index (κ3) is 1.79. The van der Waals surface area contributed by atoms with Crippen molar-refractivity contribution in [3.05, 3.63) is 48.6 Å². The van der Waals surface area contributed by atoms with E-state index < -0.39 is 0 Å². The maximum Gasteiger partial charge on any atom is 0.178 e. The van der Waals surface area contributed by atoms with Crippen LogP contribution in [0.3, 0.4) is 0 Å². The van der Waals surface area contributed by atoms with Crippen molar-refractivity contribution in [2.24, 2.45) is 11.8 Å². The van der Waals surface area contributed by atoms with Crippen LogP contribution >= 0.6 is 0 Å². The summed E-state index contributed by atoms with van der Waals surface area (Å²) in [6.45, 7) is 0. The summed E-state index contributed by atoms with van der Waals surface area (Å²) >= 11 is 0. The normalized spacial score (nSPS) is 22.3. The Morgan fingerprint density at radius 2 is 0.929 bits per heavy atom. The van der Waals surface area contributed by atoms with Crippen LogP contribution in [0.25, 0.3) is 0 Å². The van der Waals surface area contributed by atoms with Gasteiger partial charge in [0.05, 0.1) is 0 Å². The molecular formula is C12H10O2. The van der Waals surface area contributed by atoms with E-state index in [1.165, 1.54) is 0 Å². The number of hydrogen-bond acceptors (Lipinski definition) is 2. The minimum atomic E-state index is 0.0288. The lowest BCUT2D eigenvalue weighted by Crippen LogP contribution is -2.12. The molecule has 2 rings (SSSR count). The molecule has 0 saturated carbocycles. The summed E-state index contributed by atoms with van der Waals surface area (Å²) in [5.41, 5.74) is 0. The van der Waals surface area contributed by atoms with Crippen LogP contribution in [-0.4, -0.2) is 11.6 Å². The van der Waals surface area contributed by atoms with Crippen LogP contribution in [0, 0.1) is 11.8 Å². The second-order valence-corrected chi connectivity index (χ2v) is 3.40. The molecule has 0 fully saturated rings. The van der Waals surface area contributed by atoms with Crippen molar-refractivity contribution in [3.8, 4) is 0 Å². The Bertz CT molecular complexity index is 313. The van der Waals surface area contributed by atoms with Gasteiger partial charge in [-0.25, -0.2) is 0 Å². The smallest absolute Gasteiger partial charge is 0.178 e. The number of allylic oxidation sites excluding steroid dienone is 8. The predicted octanol–water partition coefficient (Wildman–Crippen LogP) is 1.61. The zero-order valence-corrected chi connectivity index (χ0v) is 7.59. The molecule has 0 aliphatic heterocycles. The highest BCUT2D eigenvalue weighted by atomic mass is 16.1. The zero-order chi connectivity index (χ0) is 9.97. The van der Waals surface area contributed by atoms with Crippen molar-refractivity contribution in [1.82, 2.24) is 0 Å². The van der Waals surface area contributed by atoms with Gasteiger partial charge in [0.1, 0.15) is 0 Å². The molecule has 2 aliphatic rings. The first-order valence-corrected chi connectivity index (χ1v) is 4.56. The zero-order valence-electron chi connectivity index (χ0n) is 7.59. The van der Waals surface area contributed by atoms with Gasteiger partial charge in [-0.05, 0) is 24.3 Å². The molecule has 0 N–H and O–H groups in total. The topological polar surface area (TPSA) is 34.1 Å². The predicted molar refractivity (Wildman–Crippen MR) is 53.6 cm³/mol. The van der Waals surface area contributed by atoms with Gasteiger partial charge in [-0.2, -0.15) is 0 Å². The number of carbonyl (C=O) groups is 2. The third-order valence-electron chi connectivity index (χ3n) is 2.38. The lowest BCUT2D eigenvalue weighted by Gasteiger charge is -2.18. The molecule has 2 aliphatic carbocycles. The number of carbonyl (C=O) groups excluding carboxylic acids is 2. The summed E-state index contributed by atoms with van der Waals surface area (Å²) in [4.78, 5) is 21.8. The van der Waals surface area contributed by atoms with Gasteiger partial charge in [0.25, 0.3) is 0 Å². The molecule has 0 aromatic carbocycles. The second-order valence-electron chi connectivity index (χ2n) is 3.40. The molecular weight excluding hydrogens is 176 g/mol. The molecule has 70 valence electrons. The van der Waals surface area contributed by atoms with Crippen molar-refractivity contribution in [2.75, 3.05) is 0 Å². The first-order valence-electron chi connectivity index (χ1n) is 4.56. The molecule has 0 atom stereocenters. The molecule has 0 aromatic rings. The van der Waals surface area contributed by atoms with Gasteiger partial charge in [-0.15, -0.1) is 0 Å². The summed E-state index contributed by atoms with van der Waals surface area (Å²) in [5, 5.41) is 0. The highest BCUT2D eigenvalue weighted by Gasteiger charge is 2.16. The summed E-state index contributed by atoms with van der Waals surface area (Å²) in [5.74, 6) is 0.462. The lowest BCUT2D eigenvalue weighted by atomic mass is 9.86. The van der Waals surface area contributed by atoms with Gasteiger partial charge in [-0.3, -0.25) is 9.59 Å². The molecule has 14 heavy (non-hydrogen) atoms. The van der Waals surface area contributed by atoms with E-state index in [1.807, 2.05) is 24.3 Å². The Morgan fingerprint density at radius 3 is 1.21 bits per heavy atom. The Balaban J connectivity index is 2.11. The van der Waals surface area contributed by atoms with Crippen LogP contribution in [0.2, 0.25) is 0 Å². The summed E-state index contributed by atoms with van der Waals surface area (Å²) in [7, 11) is 0. The Morgan fingerprint density at radius 1 is 0.643 bits per heavy atom. The molecule has 0 amide bonds. The van der Waals surface area contributed by atoms with E-state index in [2.05, 4.69) is 0 Å². The van der Waals surface area contributed by atoms with E-state index in [9.17, 15) is 9.59 Å². The molecule has 2 heteroatoms. The number of hydrogen-bond donors (Lipinski definition) is 0. The van der Waals surface area contributed by atoms with E-state index >= 15 is 0 Å². The summed E-state index contributed by atoms with van der Waals surface area (Å²) < 4.78 is 0. The van der Waals surface area contributed by atoms with Crippen LogP contribution in [0.5, 0.6) is 0 Å². The average molecular weight is 186 g/mol. The van der Waals surface area contributed by atoms with Crippen molar-refractivity contribution in [1.29, 1.82) is 0 Å².